The third-order valence-electron chi connectivity index (χ3n) is 5.49. The first kappa shape index (κ1) is 11.0. The molecule has 4 aliphatic rings. The van der Waals surface area contributed by atoms with Crippen molar-refractivity contribution in [3.63, 3.8) is 0 Å². The van der Waals surface area contributed by atoms with Crippen LogP contribution in [0.3, 0.4) is 0 Å². The van der Waals surface area contributed by atoms with E-state index in [1.807, 2.05) is 7.05 Å². The van der Waals surface area contributed by atoms with Gasteiger partial charge in [-0.1, -0.05) is 0 Å². The summed E-state index contributed by atoms with van der Waals surface area (Å²) in [5.74, 6) is 2.98. The van der Waals surface area contributed by atoms with Gasteiger partial charge in [0.25, 0.3) is 0 Å². The Morgan fingerprint density at radius 1 is 1.22 bits per heavy atom. The van der Waals surface area contributed by atoms with Crippen molar-refractivity contribution in [2.45, 2.75) is 50.6 Å². The third-order valence-corrected chi connectivity index (χ3v) is 5.49. The maximum atomic E-state index is 4.84. The Morgan fingerprint density at radius 2 is 1.83 bits per heavy atom. The number of aromatic nitrogens is 2. The van der Waals surface area contributed by atoms with Gasteiger partial charge in [0, 0.05) is 12.7 Å². The molecule has 1 heterocycles. The van der Waals surface area contributed by atoms with Gasteiger partial charge in [0.1, 0.15) is 0 Å². The molecule has 4 aliphatic carbocycles. The van der Waals surface area contributed by atoms with Crippen LogP contribution in [0.15, 0.2) is 12.3 Å². The summed E-state index contributed by atoms with van der Waals surface area (Å²) in [7, 11) is 1.99. The zero-order valence-electron chi connectivity index (χ0n) is 11.2. The molecule has 1 N–H and O–H groups in total. The van der Waals surface area contributed by atoms with Gasteiger partial charge in [-0.3, -0.25) is 4.68 Å². The Kier molecular flexibility index (Phi) is 2.35. The molecule has 0 aliphatic heterocycles. The predicted octanol–water partition coefficient (Wildman–Crippen LogP) is 2.53. The zero-order chi connectivity index (χ0) is 12.2. The minimum Gasteiger partial charge on any atom is -0.314 e. The molecule has 18 heavy (non-hydrogen) atoms. The normalized spacial score (nSPS) is 41.5. The summed E-state index contributed by atoms with van der Waals surface area (Å²) in [5, 5.41) is 8.04. The highest BCUT2D eigenvalue weighted by atomic mass is 15.3. The molecule has 0 saturated heterocycles. The molecular weight excluding hydrogens is 222 g/mol. The van der Waals surface area contributed by atoms with Gasteiger partial charge < -0.3 is 5.32 Å². The van der Waals surface area contributed by atoms with Crippen LogP contribution in [0.5, 0.6) is 0 Å². The standard InChI is InChI=1S/C15H23N3/c1-16-10-14-2-3-18(17-14)15-7-11-4-12(8-15)6-13(5-11)9-15/h2-3,11-13,16H,4-10H2,1H3. The Hall–Kier alpha value is -0.830. The number of hydrogen-bond donors (Lipinski definition) is 1. The first-order valence-electron chi connectivity index (χ1n) is 7.47. The van der Waals surface area contributed by atoms with Gasteiger partial charge in [-0.2, -0.15) is 5.10 Å². The molecule has 5 rings (SSSR count). The van der Waals surface area contributed by atoms with Crippen LogP contribution in [-0.2, 0) is 12.1 Å². The average molecular weight is 245 g/mol. The van der Waals surface area contributed by atoms with E-state index in [9.17, 15) is 0 Å². The summed E-state index contributed by atoms with van der Waals surface area (Å²) in [4.78, 5) is 0. The molecule has 0 aromatic carbocycles. The zero-order valence-corrected chi connectivity index (χ0v) is 11.2. The molecular formula is C15H23N3. The van der Waals surface area contributed by atoms with Crippen molar-refractivity contribution in [2.75, 3.05) is 7.05 Å². The van der Waals surface area contributed by atoms with Gasteiger partial charge in [-0.05, 0) is 69.4 Å². The van der Waals surface area contributed by atoms with Gasteiger partial charge in [-0.25, -0.2) is 0 Å². The summed E-state index contributed by atoms with van der Waals surface area (Å²) in [5.41, 5.74) is 1.58. The van der Waals surface area contributed by atoms with Crippen molar-refractivity contribution in [1.82, 2.24) is 15.1 Å². The molecule has 3 nitrogen and oxygen atoms in total. The van der Waals surface area contributed by atoms with Crippen LogP contribution >= 0.6 is 0 Å². The van der Waals surface area contributed by atoms with E-state index in [0.717, 1.165) is 24.3 Å². The second-order valence-electron chi connectivity index (χ2n) is 6.92. The summed E-state index contributed by atoms with van der Waals surface area (Å²) in [6, 6.07) is 2.19. The second kappa shape index (κ2) is 3.83. The van der Waals surface area contributed by atoms with E-state index in [1.54, 1.807) is 0 Å². The lowest BCUT2D eigenvalue weighted by atomic mass is 9.53. The minimum atomic E-state index is 0.390. The molecule has 4 fully saturated rings. The van der Waals surface area contributed by atoms with Crippen LogP contribution in [-0.4, -0.2) is 16.8 Å². The van der Waals surface area contributed by atoms with Crippen molar-refractivity contribution in [1.29, 1.82) is 0 Å². The lowest BCUT2D eigenvalue weighted by molar-refractivity contribution is -0.0495. The monoisotopic (exact) mass is 245 g/mol. The molecule has 98 valence electrons. The van der Waals surface area contributed by atoms with E-state index in [0.29, 0.717) is 5.54 Å². The predicted molar refractivity (Wildman–Crippen MR) is 71.1 cm³/mol. The molecule has 0 unspecified atom stereocenters. The van der Waals surface area contributed by atoms with Gasteiger partial charge in [0.2, 0.25) is 0 Å². The van der Waals surface area contributed by atoms with E-state index in [-0.39, 0.29) is 0 Å². The SMILES string of the molecule is CNCc1ccn(C23CC4CC(CC(C4)C2)C3)n1. The average Bonchev–Trinajstić information content (AvgIpc) is 2.77. The summed E-state index contributed by atoms with van der Waals surface area (Å²) >= 11 is 0. The van der Waals surface area contributed by atoms with E-state index in [2.05, 4.69) is 22.3 Å². The van der Waals surface area contributed by atoms with Crippen LogP contribution in [0.2, 0.25) is 0 Å². The van der Waals surface area contributed by atoms with E-state index in [4.69, 9.17) is 5.10 Å². The highest BCUT2D eigenvalue weighted by molar-refractivity contribution is 5.08. The number of hydrogen-bond acceptors (Lipinski definition) is 2. The van der Waals surface area contributed by atoms with Crippen molar-refractivity contribution >= 4 is 0 Å². The molecule has 4 saturated carbocycles. The smallest absolute Gasteiger partial charge is 0.0762 e. The molecule has 4 bridgehead atoms. The van der Waals surface area contributed by atoms with Gasteiger partial charge in [0.15, 0.2) is 0 Å². The molecule has 3 heteroatoms. The van der Waals surface area contributed by atoms with Crippen molar-refractivity contribution in [3.8, 4) is 0 Å². The van der Waals surface area contributed by atoms with Crippen molar-refractivity contribution in [2.24, 2.45) is 17.8 Å². The van der Waals surface area contributed by atoms with Gasteiger partial charge in [-0.15, -0.1) is 0 Å². The highest BCUT2D eigenvalue weighted by Crippen LogP contribution is 2.58. The Bertz CT molecular complexity index is 413. The summed E-state index contributed by atoms with van der Waals surface area (Å²) in [6.07, 6.45) is 10.9. The van der Waals surface area contributed by atoms with Crippen molar-refractivity contribution in [3.05, 3.63) is 18.0 Å². The largest absolute Gasteiger partial charge is 0.314 e. The third kappa shape index (κ3) is 1.56. The number of nitrogens with zero attached hydrogens (tertiary/aromatic N) is 2. The topological polar surface area (TPSA) is 29.9 Å². The van der Waals surface area contributed by atoms with Gasteiger partial charge >= 0.3 is 0 Å². The van der Waals surface area contributed by atoms with E-state index >= 15 is 0 Å². The Morgan fingerprint density at radius 3 is 2.39 bits per heavy atom. The fourth-order valence-corrected chi connectivity index (χ4v) is 5.25. The molecule has 1 aromatic rings. The fourth-order valence-electron chi connectivity index (χ4n) is 5.25. The van der Waals surface area contributed by atoms with Gasteiger partial charge in [0.05, 0.1) is 11.2 Å². The fraction of sp³-hybridized carbons (Fsp3) is 0.800. The number of rotatable bonds is 3. The molecule has 0 atom stereocenters. The quantitative estimate of drug-likeness (QED) is 0.887. The van der Waals surface area contributed by atoms with E-state index in [1.165, 1.54) is 44.2 Å². The van der Waals surface area contributed by atoms with Crippen LogP contribution in [0.4, 0.5) is 0 Å². The van der Waals surface area contributed by atoms with Crippen LogP contribution in [0.1, 0.15) is 44.2 Å². The Balaban J connectivity index is 1.66. The van der Waals surface area contributed by atoms with Crippen LogP contribution in [0, 0.1) is 17.8 Å². The summed E-state index contributed by atoms with van der Waals surface area (Å²) in [6.45, 7) is 0.888. The minimum absolute atomic E-state index is 0.390. The highest BCUT2D eigenvalue weighted by Gasteiger charge is 2.52. The second-order valence-corrected chi connectivity index (χ2v) is 6.92. The molecule has 0 spiro atoms. The van der Waals surface area contributed by atoms with E-state index < -0.39 is 0 Å². The maximum Gasteiger partial charge on any atom is 0.0762 e. The molecule has 0 radical (unpaired) electrons. The van der Waals surface area contributed by atoms with Crippen LogP contribution in [0.25, 0.3) is 0 Å². The first-order chi connectivity index (χ1) is 8.77. The number of nitrogens with one attached hydrogen (secondary N) is 1. The molecule has 0 amide bonds. The summed E-state index contributed by atoms with van der Waals surface area (Å²) < 4.78 is 2.34. The first-order valence-corrected chi connectivity index (χ1v) is 7.47. The Labute approximate surface area is 109 Å². The van der Waals surface area contributed by atoms with Crippen molar-refractivity contribution < 1.29 is 0 Å². The lowest BCUT2D eigenvalue weighted by Crippen LogP contribution is -2.52. The lowest BCUT2D eigenvalue weighted by Gasteiger charge is -2.56. The van der Waals surface area contributed by atoms with Crippen LogP contribution < -0.4 is 5.32 Å². The maximum absolute atomic E-state index is 4.84. The molecule has 1 aromatic heterocycles.